The molecule has 6 nitrogen and oxygen atoms in total. The number of carbonyl (C=O) groups excluding carboxylic acids is 1. The van der Waals surface area contributed by atoms with E-state index in [9.17, 15) is 20.0 Å². The van der Waals surface area contributed by atoms with Crippen molar-refractivity contribution in [1.29, 1.82) is 0 Å². The number of benzene rings is 1. The van der Waals surface area contributed by atoms with Crippen molar-refractivity contribution in [2.45, 2.75) is 19.8 Å². The summed E-state index contributed by atoms with van der Waals surface area (Å²) >= 11 is 0. The zero-order chi connectivity index (χ0) is 14.0. The highest BCUT2D eigenvalue weighted by molar-refractivity contribution is 6.23. The van der Waals surface area contributed by atoms with E-state index < -0.39 is 4.92 Å². The molecular weight excluding hydrogens is 248 g/mol. The van der Waals surface area contributed by atoms with E-state index in [-0.39, 0.29) is 22.8 Å². The van der Waals surface area contributed by atoms with E-state index >= 15 is 0 Å². The first-order chi connectivity index (χ1) is 8.99. The molecule has 0 fully saturated rings. The Balaban J connectivity index is 2.39. The summed E-state index contributed by atoms with van der Waals surface area (Å²) in [5.41, 5.74) is 1.05. The molecule has 6 heteroatoms. The van der Waals surface area contributed by atoms with Crippen LogP contribution in [0.2, 0.25) is 0 Å². The molecular formula is C13H12N2O4. The van der Waals surface area contributed by atoms with E-state index in [0.717, 1.165) is 0 Å². The van der Waals surface area contributed by atoms with Gasteiger partial charge in [-0.2, -0.15) is 0 Å². The fourth-order valence-corrected chi connectivity index (χ4v) is 2.00. The maximum Gasteiger partial charge on any atom is 0.271 e. The molecule has 98 valence electrons. The molecule has 19 heavy (non-hydrogen) atoms. The normalized spacial score (nSPS) is 17.0. The zero-order valence-corrected chi connectivity index (χ0v) is 10.3. The van der Waals surface area contributed by atoms with Crippen LogP contribution in [0.1, 0.15) is 19.8 Å². The summed E-state index contributed by atoms with van der Waals surface area (Å²) in [5.74, 6) is -0.212. The van der Waals surface area contributed by atoms with Gasteiger partial charge in [0.25, 0.3) is 5.69 Å². The molecule has 1 aromatic carbocycles. The minimum absolute atomic E-state index is 0.0386. The number of nitrogens with zero attached hydrogens (tertiary/aromatic N) is 2. The van der Waals surface area contributed by atoms with Crippen molar-refractivity contribution in [3.63, 3.8) is 0 Å². The molecule has 1 aliphatic carbocycles. The minimum Gasteiger partial charge on any atom is -0.511 e. The molecule has 0 saturated carbocycles. The molecule has 0 amide bonds. The third-order valence-electron chi connectivity index (χ3n) is 2.83. The van der Waals surface area contributed by atoms with Crippen molar-refractivity contribution in [1.82, 2.24) is 0 Å². The molecule has 0 aliphatic heterocycles. The number of hydrogen-bond acceptors (Lipinski definition) is 5. The van der Waals surface area contributed by atoms with E-state index in [1.807, 2.05) is 0 Å². The maximum atomic E-state index is 11.4. The van der Waals surface area contributed by atoms with Crippen LogP contribution in [0.5, 0.6) is 0 Å². The number of nitro benzene ring substituents is 1. The first-order valence-corrected chi connectivity index (χ1v) is 5.74. The highest BCUT2D eigenvalue weighted by atomic mass is 16.6. The number of aliphatic hydroxyl groups is 1. The molecule has 0 saturated heterocycles. The third kappa shape index (κ3) is 2.67. The summed E-state index contributed by atoms with van der Waals surface area (Å²) in [6.45, 7) is 1.36. The SMILES string of the molecule is CC(=O)C1=C(O)CCC1=Nc1cccc([N+](=O)[O-])c1. The minimum atomic E-state index is -0.502. The Morgan fingerprint density at radius 2 is 2.16 bits per heavy atom. The molecule has 0 radical (unpaired) electrons. The van der Waals surface area contributed by atoms with Crippen molar-refractivity contribution >= 4 is 22.9 Å². The van der Waals surface area contributed by atoms with Gasteiger partial charge in [-0.3, -0.25) is 19.9 Å². The van der Waals surface area contributed by atoms with E-state index in [4.69, 9.17) is 0 Å². The summed E-state index contributed by atoms with van der Waals surface area (Å²) < 4.78 is 0. The lowest BCUT2D eigenvalue weighted by Crippen LogP contribution is -2.06. The number of rotatable bonds is 3. The van der Waals surface area contributed by atoms with E-state index in [1.54, 1.807) is 6.07 Å². The lowest BCUT2D eigenvalue weighted by molar-refractivity contribution is -0.384. The molecule has 0 atom stereocenters. The Bertz CT molecular complexity index is 617. The standard InChI is InChI=1S/C13H12N2O4/c1-8(16)13-11(5-6-12(13)17)14-9-3-2-4-10(7-9)15(18)19/h2-4,7,17H,5-6H2,1H3. The van der Waals surface area contributed by atoms with Gasteiger partial charge in [-0.15, -0.1) is 0 Å². The van der Waals surface area contributed by atoms with Crippen LogP contribution in [0, 0.1) is 10.1 Å². The lowest BCUT2D eigenvalue weighted by atomic mass is 10.1. The first-order valence-electron chi connectivity index (χ1n) is 5.74. The number of carbonyl (C=O) groups is 1. The number of nitro groups is 1. The highest BCUT2D eigenvalue weighted by Gasteiger charge is 2.24. The first kappa shape index (κ1) is 12.9. The molecule has 0 heterocycles. The average molecular weight is 260 g/mol. The number of Topliss-reactive ketones (excluding diaryl/α,β-unsaturated/α-hetero) is 1. The molecule has 2 rings (SSSR count). The topological polar surface area (TPSA) is 92.8 Å². The number of non-ortho nitro benzene ring substituents is 1. The van der Waals surface area contributed by atoms with Crippen molar-refractivity contribution in [2.24, 2.45) is 4.99 Å². The monoisotopic (exact) mass is 260 g/mol. The second-order valence-corrected chi connectivity index (χ2v) is 4.21. The van der Waals surface area contributed by atoms with E-state index in [2.05, 4.69) is 4.99 Å². The van der Waals surface area contributed by atoms with Gasteiger partial charge in [0.1, 0.15) is 5.76 Å². The second kappa shape index (κ2) is 5.01. The molecule has 0 bridgehead atoms. The summed E-state index contributed by atoms with van der Waals surface area (Å²) in [6.07, 6.45) is 0.839. The summed E-state index contributed by atoms with van der Waals surface area (Å²) in [5, 5.41) is 20.3. The van der Waals surface area contributed by atoms with Crippen molar-refractivity contribution < 1.29 is 14.8 Å². The van der Waals surface area contributed by atoms with Crippen LogP contribution in [0.15, 0.2) is 40.6 Å². The predicted molar refractivity (Wildman–Crippen MR) is 69.8 cm³/mol. The largest absolute Gasteiger partial charge is 0.511 e. The van der Waals surface area contributed by atoms with Gasteiger partial charge in [0.2, 0.25) is 0 Å². The Hall–Kier alpha value is -2.50. The summed E-state index contributed by atoms with van der Waals surface area (Å²) in [7, 11) is 0. The van der Waals surface area contributed by atoms with Gasteiger partial charge >= 0.3 is 0 Å². The molecule has 0 aromatic heterocycles. The van der Waals surface area contributed by atoms with Gasteiger partial charge in [0.15, 0.2) is 5.78 Å². The summed E-state index contributed by atoms with van der Waals surface area (Å²) in [6, 6.07) is 5.86. The quantitative estimate of drug-likeness (QED) is 0.668. The fraction of sp³-hybridized carbons (Fsp3) is 0.231. The number of hydrogen-bond donors (Lipinski definition) is 1. The Morgan fingerprint density at radius 3 is 2.79 bits per heavy atom. The van der Waals surface area contributed by atoms with Crippen molar-refractivity contribution in [3.05, 3.63) is 45.7 Å². The second-order valence-electron chi connectivity index (χ2n) is 4.21. The zero-order valence-electron chi connectivity index (χ0n) is 10.3. The Kier molecular flexibility index (Phi) is 3.41. The van der Waals surface area contributed by atoms with Gasteiger partial charge in [0, 0.05) is 18.6 Å². The van der Waals surface area contributed by atoms with Crippen LogP contribution in [0.4, 0.5) is 11.4 Å². The van der Waals surface area contributed by atoms with Gasteiger partial charge < -0.3 is 5.11 Å². The molecule has 0 unspecified atom stereocenters. The van der Waals surface area contributed by atoms with Crippen LogP contribution in [0.3, 0.4) is 0 Å². The number of aliphatic imine (C=N–C) groups is 1. The van der Waals surface area contributed by atoms with Crippen LogP contribution in [-0.2, 0) is 4.79 Å². The van der Waals surface area contributed by atoms with Crippen LogP contribution < -0.4 is 0 Å². The van der Waals surface area contributed by atoms with Crippen LogP contribution in [0.25, 0.3) is 0 Å². The van der Waals surface area contributed by atoms with Gasteiger partial charge in [-0.1, -0.05) is 6.07 Å². The van der Waals surface area contributed by atoms with Crippen molar-refractivity contribution in [2.75, 3.05) is 0 Å². The molecule has 1 aromatic rings. The fourth-order valence-electron chi connectivity index (χ4n) is 2.00. The number of allylic oxidation sites excluding steroid dienone is 2. The third-order valence-corrected chi connectivity index (χ3v) is 2.83. The lowest BCUT2D eigenvalue weighted by Gasteiger charge is -2.01. The van der Waals surface area contributed by atoms with Crippen LogP contribution >= 0.6 is 0 Å². The van der Waals surface area contributed by atoms with E-state index in [0.29, 0.717) is 24.2 Å². The predicted octanol–water partition coefficient (Wildman–Crippen LogP) is 2.86. The van der Waals surface area contributed by atoms with Crippen LogP contribution in [-0.4, -0.2) is 21.5 Å². The Morgan fingerprint density at radius 1 is 1.42 bits per heavy atom. The molecule has 0 spiro atoms. The van der Waals surface area contributed by atoms with Gasteiger partial charge in [-0.25, -0.2) is 0 Å². The smallest absolute Gasteiger partial charge is 0.271 e. The van der Waals surface area contributed by atoms with Gasteiger partial charge in [-0.05, 0) is 19.4 Å². The highest BCUT2D eigenvalue weighted by Crippen LogP contribution is 2.27. The maximum absolute atomic E-state index is 11.4. The Labute approximate surface area is 109 Å². The molecule has 1 aliphatic rings. The number of aliphatic hydroxyl groups excluding tert-OH is 1. The van der Waals surface area contributed by atoms with Gasteiger partial charge in [0.05, 0.1) is 21.9 Å². The molecule has 1 N–H and O–H groups in total. The summed E-state index contributed by atoms with van der Waals surface area (Å²) in [4.78, 5) is 25.8. The van der Waals surface area contributed by atoms with E-state index in [1.165, 1.54) is 25.1 Å². The average Bonchev–Trinajstić information content (AvgIpc) is 2.70. The number of ketones is 1. The van der Waals surface area contributed by atoms with Crippen molar-refractivity contribution in [3.8, 4) is 0 Å².